The van der Waals surface area contributed by atoms with E-state index in [1.807, 2.05) is 0 Å². The average Bonchev–Trinajstić information content (AvgIpc) is 1.88. The SMILES string of the molecule is NC(=S)c1cccnc1Cl. The molecular weight excluding hydrogens is 168 g/mol. The Hall–Kier alpha value is -0.670. The maximum Gasteiger partial charge on any atom is 0.139 e. The van der Waals surface area contributed by atoms with Crippen LogP contribution in [0.4, 0.5) is 0 Å². The molecule has 0 bridgehead atoms. The summed E-state index contributed by atoms with van der Waals surface area (Å²) in [5.41, 5.74) is 5.95. The lowest BCUT2D eigenvalue weighted by Gasteiger charge is -1.97. The Morgan fingerprint density at radius 3 is 2.80 bits per heavy atom. The Bertz CT molecular complexity index is 262. The number of hydrogen-bond acceptors (Lipinski definition) is 2. The molecule has 1 aromatic rings. The molecule has 0 saturated carbocycles. The molecule has 0 aliphatic rings. The van der Waals surface area contributed by atoms with Crippen molar-refractivity contribution in [3.8, 4) is 0 Å². The van der Waals surface area contributed by atoms with Gasteiger partial charge in [0.15, 0.2) is 0 Å². The zero-order valence-corrected chi connectivity index (χ0v) is 6.62. The molecule has 0 amide bonds. The molecular formula is C6H5ClN2S. The van der Waals surface area contributed by atoms with E-state index in [4.69, 9.17) is 29.6 Å². The molecule has 0 aliphatic carbocycles. The minimum Gasteiger partial charge on any atom is -0.389 e. The number of rotatable bonds is 1. The van der Waals surface area contributed by atoms with Crippen LogP contribution < -0.4 is 5.73 Å². The molecule has 10 heavy (non-hydrogen) atoms. The normalized spacial score (nSPS) is 9.30. The molecule has 0 fully saturated rings. The van der Waals surface area contributed by atoms with E-state index in [2.05, 4.69) is 4.98 Å². The number of aromatic nitrogens is 1. The van der Waals surface area contributed by atoms with Crippen molar-refractivity contribution in [2.75, 3.05) is 0 Å². The second-order valence-corrected chi connectivity index (χ2v) is 2.50. The molecule has 0 atom stereocenters. The molecule has 0 aliphatic heterocycles. The topological polar surface area (TPSA) is 38.9 Å². The Morgan fingerprint density at radius 2 is 2.40 bits per heavy atom. The van der Waals surface area contributed by atoms with Crippen molar-refractivity contribution in [3.63, 3.8) is 0 Å². The van der Waals surface area contributed by atoms with E-state index in [9.17, 15) is 0 Å². The third-order valence-corrected chi connectivity index (χ3v) is 1.55. The van der Waals surface area contributed by atoms with Crippen molar-refractivity contribution >= 4 is 28.8 Å². The summed E-state index contributed by atoms with van der Waals surface area (Å²) in [5, 5.41) is 0.356. The van der Waals surface area contributed by atoms with Gasteiger partial charge in [0.05, 0.1) is 0 Å². The van der Waals surface area contributed by atoms with Gasteiger partial charge >= 0.3 is 0 Å². The van der Waals surface area contributed by atoms with Crippen molar-refractivity contribution in [1.82, 2.24) is 4.98 Å². The van der Waals surface area contributed by atoms with E-state index in [1.54, 1.807) is 18.3 Å². The molecule has 4 heteroatoms. The largest absolute Gasteiger partial charge is 0.389 e. The molecule has 1 heterocycles. The van der Waals surface area contributed by atoms with Gasteiger partial charge in [0.1, 0.15) is 10.1 Å². The van der Waals surface area contributed by atoms with Gasteiger partial charge in [-0.3, -0.25) is 0 Å². The fraction of sp³-hybridized carbons (Fsp3) is 0. The maximum absolute atomic E-state index is 5.64. The smallest absolute Gasteiger partial charge is 0.139 e. The second kappa shape index (κ2) is 2.94. The molecule has 0 aromatic carbocycles. The monoisotopic (exact) mass is 172 g/mol. The fourth-order valence-electron chi connectivity index (χ4n) is 0.570. The molecule has 1 aromatic heterocycles. The highest BCUT2D eigenvalue weighted by molar-refractivity contribution is 7.80. The second-order valence-electron chi connectivity index (χ2n) is 1.71. The molecule has 0 unspecified atom stereocenters. The van der Waals surface area contributed by atoms with Crippen LogP contribution >= 0.6 is 23.8 Å². The van der Waals surface area contributed by atoms with Gasteiger partial charge in [-0.2, -0.15) is 0 Å². The summed E-state index contributed by atoms with van der Waals surface area (Å²) >= 11 is 10.3. The maximum atomic E-state index is 5.64. The van der Waals surface area contributed by atoms with Gasteiger partial charge < -0.3 is 5.73 Å². The van der Waals surface area contributed by atoms with Crippen LogP contribution in [0.15, 0.2) is 18.3 Å². The number of pyridine rings is 1. The first-order valence-corrected chi connectivity index (χ1v) is 3.41. The van der Waals surface area contributed by atoms with Crippen LogP contribution in [0.5, 0.6) is 0 Å². The lowest BCUT2D eigenvalue weighted by Crippen LogP contribution is -2.10. The van der Waals surface area contributed by atoms with Crippen molar-refractivity contribution in [3.05, 3.63) is 29.0 Å². The Morgan fingerprint density at radius 1 is 1.70 bits per heavy atom. The average molecular weight is 173 g/mol. The minimum absolute atomic E-state index is 0.276. The standard InChI is InChI=1S/C6H5ClN2S/c7-5-4(6(8)10)2-1-3-9-5/h1-3H,(H2,8,10). The quantitative estimate of drug-likeness (QED) is 0.514. The molecule has 0 spiro atoms. The summed E-state index contributed by atoms with van der Waals surface area (Å²) in [4.78, 5) is 4.07. The number of halogens is 1. The summed E-state index contributed by atoms with van der Waals surface area (Å²) in [6, 6.07) is 3.47. The highest BCUT2D eigenvalue weighted by Crippen LogP contribution is 2.10. The number of nitrogens with two attached hydrogens (primary N) is 1. The van der Waals surface area contributed by atoms with Crippen LogP contribution in [0.2, 0.25) is 5.15 Å². The van der Waals surface area contributed by atoms with E-state index < -0.39 is 0 Å². The Labute approximate surface area is 69.0 Å². The van der Waals surface area contributed by atoms with Crippen LogP contribution in [0.25, 0.3) is 0 Å². The highest BCUT2D eigenvalue weighted by Gasteiger charge is 2.00. The molecule has 52 valence electrons. The third-order valence-electron chi connectivity index (χ3n) is 1.02. The summed E-state index contributed by atoms with van der Waals surface area (Å²) in [6.07, 6.45) is 1.59. The van der Waals surface area contributed by atoms with Gasteiger partial charge in [-0.15, -0.1) is 0 Å². The molecule has 2 N–H and O–H groups in total. The van der Waals surface area contributed by atoms with Crippen molar-refractivity contribution < 1.29 is 0 Å². The van der Waals surface area contributed by atoms with Gasteiger partial charge in [-0.25, -0.2) is 4.98 Å². The van der Waals surface area contributed by atoms with E-state index >= 15 is 0 Å². The summed E-state index contributed by atoms with van der Waals surface area (Å²) in [7, 11) is 0. The first-order chi connectivity index (χ1) is 4.72. The van der Waals surface area contributed by atoms with Crippen LogP contribution in [0, 0.1) is 0 Å². The Balaban J connectivity index is 3.15. The highest BCUT2D eigenvalue weighted by atomic mass is 35.5. The molecule has 0 saturated heterocycles. The zero-order chi connectivity index (χ0) is 7.56. The van der Waals surface area contributed by atoms with E-state index in [0.29, 0.717) is 10.7 Å². The predicted octanol–water partition coefficient (Wildman–Crippen LogP) is 1.37. The zero-order valence-electron chi connectivity index (χ0n) is 5.04. The van der Waals surface area contributed by atoms with Crippen LogP contribution in [-0.2, 0) is 0 Å². The van der Waals surface area contributed by atoms with E-state index in [0.717, 1.165) is 0 Å². The van der Waals surface area contributed by atoms with Crippen molar-refractivity contribution in [1.29, 1.82) is 0 Å². The molecule has 1 rings (SSSR count). The van der Waals surface area contributed by atoms with Gasteiger partial charge in [0, 0.05) is 11.8 Å². The number of thiocarbonyl (C=S) groups is 1. The molecule has 2 nitrogen and oxygen atoms in total. The summed E-state index contributed by atoms with van der Waals surface area (Å²) < 4.78 is 0. The van der Waals surface area contributed by atoms with Gasteiger partial charge in [0.2, 0.25) is 0 Å². The van der Waals surface area contributed by atoms with E-state index in [1.165, 1.54) is 0 Å². The Kier molecular flexibility index (Phi) is 2.19. The number of nitrogens with zero attached hydrogens (tertiary/aromatic N) is 1. The van der Waals surface area contributed by atoms with Gasteiger partial charge in [-0.1, -0.05) is 23.8 Å². The summed E-state index contributed by atoms with van der Waals surface area (Å²) in [5.74, 6) is 0. The first kappa shape index (κ1) is 7.44. The first-order valence-electron chi connectivity index (χ1n) is 2.62. The summed E-state index contributed by atoms with van der Waals surface area (Å²) in [6.45, 7) is 0. The van der Waals surface area contributed by atoms with Crippen LogP contribution in [0.1, 0.15) is 5.56 Å². The van der Waals surface area contributed by atoms with Crippen molar-refractivity contribution in [2.45, 2.75) is 0 Å². The lowest BCUT2D eigenvalue weighted by molar-refractivity contribution is 1.32. The number of hydrogen-bond donors (Lipinski definition) is 1. The van der Waals surface area contributed by atoms with Crippen molar-refractivity contribution in [2.24, 2.45) is 5.73 Å². The van der Waals surface area contributed by atoms with Gasteiger partial charge in [-0.05, 0) is 12.1 Å². The molecule has 0 radical (unpaired) electrons. The predicted molar refractivity (Wildman–Crippen MR) is 45.1 cm³/mol. The minimum atomic E-state index is 0.276. The fourth-order valence-corrected chi connectivity index (χ4v) is 1.01. The van der Waals surface area contributed by atoms with E-state index in [-0.39, 0.29) is 4.99 Å². The van der Waals surface area contributed by atoms with Crippen LogP contribution in [0.3, 0.4) is 0 Å². The van der Waals surface area contributed by atoms with Gasteiger partial charge in [0.25, 0.3) is 0 Å². The third kappa shape index (κ3) is 1.43. The van der Waals surface area contributed by atoms with Crippen LogP contribution in [-0.4, -0.2) is 9.97 Å². The lowest BCUT2D eigenvalue weighted by atomic mass is 10.3.